The van der Waals surface area contributed by atoms with E-state index in [2.05, 4.69) is 10.3 Å². The van der Waals surface area contributed by atoms with Gasteiger partial charge in [0, 0.05) is 24.1 Å². The lowest BCUT2D eigenvalue weighted by molar-refractivity contribution is -0.113. The lowest BCUT2D eigenvalue weighted by Crippen LogP contribution is -2.15. The fourth-order valence-corrected chi connectivity index (χ4v) is 2.76. The standard InChI is InChI=1S/C18H22N2O5S/c1-22-15-9-14(10-16(23-2)18(15)24-3)25-7-8-26-12-17(21)20-13-5-4-6-19-11-13/h4-6,9-11H,7-8,12H2,1-3H3,(H,20,21). The van der Waals surface area contributed by atoms with Gasteiger partial charge in [0.1, 0.15) is 5.75 Å². The van der Waals surface area contributed by atoms with Gasteiger partial charge >= 0.3 is 0 Å². The molecule has 7 nitrogen and oxygen atoms in total. The molecule has 0 atom stereocenters. The Kier molecular flexibility index (Phi) is 7.88. The van der Waals surface area contributed by atoms with Crippen molar-refractivity contribution in [1.82, 2.24) is 4.98 Å². The molecule has 0 saturated heterocycles. The summed E-state index contributed by atoms with van der Waals surface area (Å²) in [5, 5.41) is 2.78. The number of rotatable bonds is 10. The van der Waals surface area contributed by atoms with E-state index in [1.807, 2.05) is 0 Å². The minimum atomic E-state index is -0.0733. The van der Waals surface area contributed by atoms with Crippen LogP contribution >= 0.6 is 11.8 Å². The van der Waals surface area contributed by atoms with E-state index < -0.39 is 0 Å². The molecular formula is C18H22N2O5S. The average Bonchev–Trinajstić information content (AvgIpc) is 2.67. The number of carbonyl (C=O) groups excluding carboxylic acids is 1. The van der Waals surface area contributed by atoms with Gasteiger partial charge in [0.25, 0.3) is 0 Å². The van der Waals surface area contributed by atoms with Crippen molar-refractivity contribution in [3.8, 4) is 23.0 Å². The predicted octanol–water partition coefficient (Wildman–Crippen LogP) is 2.86. The van der Waals surface area contributed by atoms with Crippen molar-refractivity contribution in [2.45, 2.75) is 0 Å². The molecule has 1 N–H and O–H groups in total. The van der Waals surface area contributed by atoms with Gasteiger partial charge in [-0.25, -0.2) is 0 Å². The fraction of sp³-hybridized carbons (Fsp3) is 0.333. The van der Waals surface area contributed by atoms with Crippen LogP contribution in [0, 0.1) is 0 Å². The first-order valence-corrected chi connectivity index (χ1v) is 9.03. The number of pyridine rings is 1. The average molecular weight is 378 g/mol. The van der Waals surface area contributed by atoms with Crippen LogP contribution in [0.3, 0.4) is 0 Å². The Balaban J connectivity index is 1.76. The zero-order valence-electron chi connectivity index (χ0n) is 15.0. The molecule has 0 aliphatic rings. The van der Waals surface area contributed by atoms with Crippen LogP contribution < -0.4 is 24.3 Å². The Morgan fingerprint density at radius 3 is 2.46 bits per heavy atom. The predicted molar refractivity (Wildman–Crippen MR) is 102 cm³/mol. The fourth-order valence-electron chi connectivity index (χ4n) is 2.16. The number of hydrogen-bond donors (Lipinski definition) is 1. The Hall–Kier alpha value is -2.61. The summed E-state index contributed by atoms with van der Waals surface area (Å²) < 4.78 is 21.6. The minimum Gasteiger partial charge on any atom is -0.493 e. The normalized spacial score (nSPS) is 10.1. The molecule has 2 rings (SSSR count). The third-order valence-corrected chi connectivity index (χ3v) is 4.23. The molecule has 0 aliphatic heterocycles. The minimum absolute atomic E-state index is 0.0733. The van der Waals surface area contributed by atoms with Crippen LogP contribution in [0.1, 0.15) is 0 Å². The Morgan fingerprint density at radius 2 is 1.88 bits per heavy atom. The van der Waals surface area contributed by atoms with E-state index in [1.165, 1.54) is 11.8 Å². The second-order valence-corrected chi connectivity index (χ2v) is 6.16. The van der Waals surface area contributed by atoms with Crippen molar-refractivity contribution in [2.24, 2.45) is 0 Å². The van der Waals surface area contributed by atoms with Crippen molar-refractivity contribution in [2.75, 3.05) is 44.8 Å². The molecule has 1 aromatic heterocycles. The number of nitrogens with one attached hydrogen (secondary N) is 1. The van der Waals surface area contributed by atoms with Crippen LogP contribution in [0.15, 0.2) is 36.7 Å². The van der Waals surface area contributed by atoms with Crippen LogP contribution in [0.2, 0.25) is 0 Å². The third kappa shape index (κ3) is 5.73. The maximum Gasteiger partial charge on any atom is 0.234 e. The molecule has 2 aromatic rings. The van der Waals surface area contributed by atoms with Crippen LogP contribution in [-0.2, 0) is 4.79 Å². The topological polar surface area (TPSA) is 78.9 Å². The number of hydrogen-bond acceptors (Lipinski definition) is 7. The maximum atomic E-state index is 11.8. The number of carbonyl (C=O) groups is 1. The molecule has 1 aromatic carbocycles. The number of nitrogens with zero attached hydrogens (tertiary/aromatic N) is 1. The van der Waals surface area contributed by atoms with Crippen LogP contribution in [0.25, 0.3) is 0 Å². The van der Waals surface area contributed by atoms with Gasteiger partial charge in [-0.05, 0) is 12.1 Å². The quantitative estimate of drug-likeness (QED) is 0.637. The summed E-state index contributed by atoms with van der Waals surface area (Å²) in [5.74, 6) is 3.13. The zero-order chi connectivity index (χ0) is 18.8. The van der Waals surface area contributed by atoms with E-state index in [1.54, 1.807) is 58.0 Å². The van der Waals surface area contributed by atoms with Crippen LogP contribution in [-0.4, -0.2) is 50.3 Å². The van der Waals surface area contributed by atoms with Gasteiger partial charge in [0.2, 0.25) is 11.7 Å². The van der Waals surface area contributed by atoms with Gasteiger partial charge in [-0.2, -0.15) is 0 Å². The van der Waals surface area contributed by atoms with Gasteiger partial charge in [-0.3, -0.25) is 9.78 Å². The Labute approximate surface area is 157 Å². The highest BCUT2D eigenvalue weighted by molar-refractivity contribution is 7.99. The maximum absolute atomic E-state index is 11.8. The molecule has 0 radical (unpaired) electrons. The lowest BCUT2D eigenvalue weighted by Gasteiger charge is -2.14. The van der Waals surface area contributed by atoms with Crippen LogP contribution in [0.4, 0.5) is 5.69 Å². The summed E-state index contributed by atoms with van der Waals surface area (Å²) in [4.78, 5) is 15.8. The first-order valence-electron chi connectivity index (χ1n) is 7.88. The SMILES string of the molecule is COc1cc(OCCSCC(=O)Nc2cccnc2)cc(OC)c1OC. The Bertz CT molecular complexity index is 687. The molecule has 0 unspecified atom stereocenters. The van der Waals surface area contributed by atoms with Crippen molar-refractivity contribution >= 4 is 23.4 Å². The monoisotopic (exact) mass is 378 g/mol. The smallest absolute Gasteiger partial charge is 0.234 e. The van der Waals surface area contributed by atoms with E-state index in [4.69, 9.17) is 18.9 Å². The first-order chi connectivity index (χ1) is 12.7. The second-order valence-electron chi connectivity index (χ2n) is 5.05. The highest BCUT2D eigenvalue weighted by Crippen LogP contribution is 2.40. The van der Waals surface area contributed by atoms with E-state index in [-0.39, 0.29) is 5.91 Å². The summed E-state index contributed by atoms with van der Waals surface area (Å²) >= 11 is 1.48. The molecule has 0 aliphatic carbocycles. The van der Waals surface area contributed by atoms with Gasteiger partial charge in [-0.1, -0.05) is 0 Å². The number of amides is 1. The van der Waals surface area contributed by atoms with Crippen molar-refractivity contribution < 1.29 is 23.7 Å². The highest BCUT2D eigenvalue weighted by atomic mass is 32.2. The van der Waals surface area contributed by atoms with E-state index in [9.17, 15) is 4.79 Å². The molecule has 26 heavy (non-hydrogen) atoms. The molecule has 0 bridgehead atoms. The molecule has 0 fully saturated rings. The molecule has 8 heteroatoms. The van der Waals surface area contributed by atoms with Crippen molar-refractivity contribution in [1.29, 1.82) is 0 Å². The number of ether oxygens (including phenoxy) is 4. The number of anilines is 1. The van der Waals surface area contributed by atoms with Crippen molar-refractivity contribution in [3.05, 3.63) is 36.7 Å². The molecule has 0 saturated carbocycles. The van der Waals surface area contributed by atoms with E-state index in [0.717, 1.165) is 0 Å². The summed E-state index contributed by atoms with van der Waals surface area (Å²) in [5.41, 5.74) is 0.687. The largest absolute Gasteiger partial charge is 0.493 e. The van der Waals surface area contributed by atoms with Gasteiger partial charge in [0.15, 0.2) is 11.5 Å². The lowest BCUT2D eigenvalue weighted by atomic mass is 10.2. The molecular weight excluding hydrogens is 356 g/mol. The molecule has 140 valence electrons. The number of aromatic nitrogens is 1. The summed E-state index contributed by atoms with van der Waals surface area (Å²) in [7, 11) is 4.66. The number of benzene rings is 1. The Morgan fingerprint density at radius 1 is 1.15 bits per heavy atom. The summed E-state index contributed by atoms with van der Waals surface area (Å²) in [6.45, 7) is 0.448. The molecule has 0 spiro atoms. The zero-order valence-corrected chi connectivity index (χ0v) is 15.8. The third-order valence-electron chi connectivity index (χ3n) is 3.31. The number of thioether (sulfide) groups is 1. The number of methoxy groups -OCH3 is 3. The summed E-state index contributed by atoms with van der Waals surface area (Å²) in [6, 6.07) is 7.04. The molecule has 1 heterocycles. The highest BCUT2D eigenvalue weighted by Gasteiger charge is 2.13. The van der Waals surface area contributed by atoms with Crippen LogP contribution in [0.5, 0.6) is 23.0 Å². The van der Waals surface area contributed by atoms with Gasteiger partial charge < -0.3 is 24.3 Å². The second kappa shape index (κ2) is 10.4. The first kappa shape index (κ1) is 19.7. The van der Waals surface area contributed by atoms with Gasteiger partial charge in [0.05, 0.1) is 45.6 Å². The van der Waals surface area contributed by atoms with Gasteiger partial charge in [-0.15, -0.1) is 11.8 Å². The van der Waals surface area contributed by atoms with Crippen molar-refractivity contribution in [3.63, 3.8) is 0 Å². The molecule has 1 amide bonds. The van der Waals surface area contributed by atoms with E-state index in [0.29, 0.717) is 46.8 Å². The summed E-state index contributed by atoms with van der Waals surface area (Å²) in [6.07, 6.45) is 3.26. The van der Waals surface area contributed by atoms with E-state index >= 15 is 0 Å².